The van der Waals surface area contributed by atoms with Crippen LogP contribution in [0.4, 0.5) is 0 Å². The molecule has 5 heteroatoms. The van der Waals surface area contributed by atoms with E-state index in [1.165, 1.54) is 0 Å². The van der Waals surface area contributed by atoms with E-state index in [-0.39, 0.29) is 5.91 Å². The molecule has 1 aliphatic rings. The number of hydrogen-bond acceptors (Lipinski definition) is 3. The number of carbonyl (C=O) groups is 1. The number of aryl methyl sites for hydroxylation is 1. The van der Waals surface area contributed by atoms with Crippen LogP contribution in [0.15, 0.2) is 18.7 Å². The second-order valence-electron chi connectivity index (χ2n) is 4.77. The third-order valence-electron chi connectivity index (χ3n) is 3.39. The molecule has 1 amide bonds. The van der Waals surface area contributed by atoms with E-state index < -0.39 is 5.54 Å². The number of unbranched alkanes of at least 4 members (excludes halogenated alkanes) is 1. The predicted octanol–water partition coefficient (Wildman–Crippen LogP) is 0.661. The van der Waals surface area contributed by atoms with Gasteiger partial charge in [0.15, 0.2) is 0 Å². The fraction of sp³-hybridized carbons (Fsp3) is 0.667. The molecule has 3 N–H and O–H groups in total. The summed E-state index contributed by atoms with van der Waals surface area (Å²) in [6, 6.07) is 0. The number of hydrogen-bond donors (Lipinski definition) is 2. The molecule has 0 bridgehead atoms. The van der Waals surface area contributed by atoms with Crippen LogP contribution in [0.2, 0.25) is 0 Å². The van der Waals surface area contributed by atoms with Crippen LogP contribution in [0.5, 0.6) is 0 Å². The summed E-state index contributed by atoms with van der Waals surface area (Å²) in [4.78, 5) is 15.7. The van der Waals surface area contributed by atoms with Crippen LogP contribution < -0.4 is 11.1 Å². The Kier molecular flexibility index (Phi) is 3.78. The Morgan fingerprint density at radius 2 is 2.29 bits per heavy atom. The zero-order valence-electron chi connectivity index (χ0n) is 10.1. The molecule has 0 spiro atoms. The van der Waals surface area contributed by atoms with Crippen LogP contribution in [-0.4, -0.2) is 27.5 Å². The van der Waals surface area contributed by atoms with Gasteiger partial charge in [0.05, 0.1) is 11.9 Å². The molecule has 0 atom stereocenters. The lowest BCUT2D eigenvalue weighted by atomic mass is 9.77. The second kappa shape index (κ2) is 5.31. The quantitative estimate of drug-likeness (QED) is 0.713. The summed E-state index contributed by atoms with van der Waals surface area (Å²) in [5.41, 5.74) is 5.35. The molecule has 2 rings (SSSR count). The van der Waals surface area contributed by atoms with Gasteiger partial charge in [0, 0.05) is 25.5 Å². The highest BCUT2D eigenvalue weighted by molar-refractivity contribution is 5.86. The van der Waals surface area contributed by atoms with Gasteiger partial charge >= 0.3 is 0 Å². The lowest BCUT2D eigenvalue weighted by Crippen LogP contribution is -2.58. The highest BCUT2D eigenvalue weighted by Crippen LogP contribution is 2.28. The van der Waals surface area contributed by atoms with Gasteiger partial charge < -0.3 is 15.6 Å². The van der Waals surface area contributed by atoms with Crippen LogP contribution in [0.3, 0.4) is 0 Å². The molecule has 5 nitrogen and oxygen atoms in total. The van der Waals surface area contributed by atoms with Crippen molar-refractivity contribution in [3.63, 3.8) is 0 Å². The van der Waals surface area contributed by atoms with Crippen molar-refractivity contribution in [3.8, 4) is 0 Å². The number of aromatic nitrogens is 2. The van der Waals surface area contributed by atoms with E-state index in [0.717, 1.165) is 38.6 Å². The summed E-state index contributed by atoms with van der Waals surface area (Å²) in [7, 11) is 0. The number of nitrogens with one attached hydrogen (secondary N) is 1. The van der Waals surface area contributed by atoms with Crippen LogP contribution >= 0.6 is 0 Å². The van der Waals surface area contributed by atoms with Gasteiger partial charge in [0.25, 0.3) is 0 Å². The highest BCUT2D eigenvalue weighted by Gasteiger charge is 2.39. The fourth-order valence-electron chi connectivity index (χ4n) is 2.00. The van der Waals surface area contributed by atoms with Gasteiger partial charge in [-0.1, -0.05) is 0 Å². The van der Waals surface area contributed by atoms with Gasteiger partial charge in [-0.2, -0.15) is 0 Å². The minimum atomic E-state index is -0.565. The number of imidazole rings is 1. The number of rotatable bonds is 6. The number of amides is 1. The minimum Gasteiger partial charge on any atom is -0.355 e. The summed E-state index contributed by atoms with van der Waals surface area (Å²) >= 11 is 0. The maximum absolute atomic E-state index is 11.7. The summed E-state index contributed by atoms with van der Waals surface area (Å²) < 4.78 is 2.04. The smallest absolute Gasteiger partial charge is 0.240 e. The Labute approximate surface area is 101 Å². The Bertz CT molecular complexity index is 357. The average Bonchev–Trinajstić information content (AvgIpc) is 2.78. The normalized spacial score (nSPS) is 17.5. The minimum absolute atomic E-state index is 0.0198. The Morgan fingerprint density at radius 1 is 1.47 bits per heavy atom. The van der Waals surface area contributed by atoms with Crippen LogP contribution in [-0.2, 0) is 11.3 Å². The van der Waals surface area contributed by atoms with E-state index in [1.54, 1.807) is 6.20 Å². The van der Waals surface area contributed by atoms with Gasteiger partial charge in [-0.15, -0.1) is 0 Å². The molecule has 1 aliphatic carbocycles. The summed E-state index contributed by atoms with van der Waals surface area (Å²) in [5, 5.41) is 2.92. The third-order valence-corrected chi connectivity index (χ3v) is 3.39. The summed E-state index contributed by atoms with van der Waals surface area (Å²) in [6.45, 7) is 1.66. The Hall–Kier alpha value is -1.36. The van der Waals surface area contributed by atoms with Crippen molar-refractivity contribution in [1.29, 1.82) is 0 Å². The van der Waals surface area contributed by atoms with E-state index in [1.807, 2.05) is 17.1 Å². The first-order valence-electron chi connectivity index (χ1n) is 6.24. The lowest BCUT2D eigenvalue weighted by molar-refractivity contribution is -0.129. The largest absolute Gasteiger partial charge is 0.355 e. The lowest BCUT2D eigenvalue weighted by Gasteiger charge is -2.36. The molecule has 0 unspecified atom stereocenters. The molecule has 1 aromatic rings. The first-order valence-corrected chi connectivity index (χ1v) is 6.24. The number of nitrogens with two attached hydrogens (primary N) is 1. The van der Waals surface area contributed by atoms with E-state index in [2.05, 4.69) is 10.3 Å². The van der Waals surface area contributed by atoms with Gasteiger partial charge in [0.2, 0.25) is 5.91 Å². The second-order valence-corrected chi connectivity index (χ2v) is 4.77. The van der Waals surface area contributed by atoms with Gasteiger partial charge in [-0.3, -0.25) is 4.79 Å². The molecule has 0 aliphatic heterocycles. The molecule has 1 fully saturated rings. The summed E-state index contributed by atoms with van der Waals surface area (Å²) in [5.74, 6) is 0.0198. The van der Waals surface area contributed by atoms with Gasteiger partial charge in [-0.25, -0.2) is 4.98 Å². The molecule has 1 heterocycles. The molecule has 94 valence electrons. The Balaban J connectivity index is 1.55. The Morgan fingerprint density at radius 3 is 2.88 bits per heavy atom. The zero-order valence-corrected chi connectivity index (χ0v) is 10.1. The third kappa shape index (κ3) is 3.06. The van der Waals surface area contributed by atoms with Crippen molar-refractivity contribution in [1.82, 2.24) is 14.9 Å². The number of carbonyl (C=O) groups excluding carboxylic acids is 1. The van der Waals surface area contributed by atoms with Crippen molar-refractivity contribution < 1.29 is 4.79 Å². The zero-order chi connectivity index (χ0) is 12.1. The molecule has 0 radical (unpaired) electrons. The number of nitrogens with zero attached hydrogens (tertiary/aromatic N) is 2. The molecule has 0 saturated heterocycles. The molecular formula is C12H20N4O. The van der Waals surface area contributed by atoms with Gasteiger partial charge in [0.1, 0.15) is 0 Å². The topological polar surface area (TPSA) is 72.9 Å². The van der Waals surface area contributed by atoms with E-state index in [4.69, 9.17) is 5.73 Å². The van der Waals surface area contributed by atoms with Crippen molar-refractivity contribution in [2.75, 3.05) is 6.54 Å². The SMILES string of the molecule is NC1(C(=O)NCCCCn2ccnc2)CCC1. The average molecular weight is 236 g/mol. The monoisotopic (exact) mass is 236 g/mol. The molecule has 1 aromatic heterocycles. The molecule has 17 heavy (non-hydrogen) atoms. The first kappa shape index (κ1) is 12.1. The van der Waals surface area contributed by atoms with Crippen molar-refractivity contribution in [3.05, 3.63) is 18.7 Å². The fourth-order valence-corrected chi connectivity index (χ4v) is 2.00. The van der Waals surface area contributed by atoms with Crippen molar-refractivity contribution in [2.24, 2.45) is 5.73 Å². The van der Waals surface area contributed by atoms with Crippen LogP contribution in [0.25, 0.3) is 0 Å². The van der Waals surface area contributed by atoms with E-state index in [0.29, 0.717) is 6.54 Å². The van der Waals surface area contributed by atoms with E-state index in [9.17, 15) is 4.79 Å². The van der Waals surface area contributed by atoms with Crippen molar-refractivity contribution >= 4 is 5.91 Å². The predicted molar refractivity (Wildman–Crippen MR) is 65.2 cm³/mol. The maximum atomic E-state index is 11.7. The maximum Gasteiger partial charge on any atom is 0.240 e. The van der Waals surface area contributed by atoms with Crippen LogP contribution in [0, 0.1) is 0 Å². The molecule has 1 saturated carbocycles. The first-order chi connectivity index (χ1) is 8.21. The molecular weight excluding hydrogens is 216 g/mol. The standard InChI is InChI=1S/C12H20N4O/c13-12(4-3-5-12)11(17)15-6-1-2-8-16-9-7-14-10-16/h7,9-10H,1-6,8,13H2,(H,15,17). The highest BCUT2D eigenvalue weighted by atomic mass is 16.2. The van der Waals surface area contributed by atoms with E-state index >= 15 is 0 Å². The molecule has 0 aromatic carbocycles. The van der Waals surface area contributed by atoms with Crippen molar-refractivity contribution in [2.45, 2.75) is 44.2 Å². The van der Waals surface area contributed by atoms with Gasteiger partial charge in [-0.05, 0) is 32.1 Å². The summed E-state index contributed by atoms with van der Waals surface area (Å²) in [6.07, 6.45) is 10.3. The van der Waals surface area contributed by atoms with Crippen LogP contribution in [0.1, 0.15) is 32.1 Å².